The number of aromatic nitrogens is 3. The second kappa shape index (κ2) is 7.04. The monoisotopic (exact) mass is 494 g/mol. The van der Waals surface area contributed by atoms with Crippen molar-refractivity contribution in [1.29, 1.82) is 0 Å². The lowest BCUT2D eigenvalue weighted by Gasteiger charge is -2.47. The van der Waals surface area contributed by atoms with Gasteiger partial charge in [0.05, 0.1) is 10.9 Å². The molecule has 6 rings (SSSR count). The molecule has 194 valence electrons. The number of fused-ring (bicyclic) bond motifs is 4. The lowest BCUT2D eigenvalue weighted by Crippen LogP contribution is -2.67. The first kappa shape index (κ1) is 24.6. The van der Waals surface area contributed by atoms with Gasteiger partial charge in [0.1, 0.15) is 5.54 Å². The summed E-state index contributed by atoms with van der Waals surface area (Å²) in [5.41, 5.74) is 9.19. The van der Waals surface area contributed by atoms with E-state index in [1.807, 2.05) is 0 Å². The summed E-state index contributed by atoms with van der Waals surface area (Å²) in [7, 11) is 0. The third kappa shape index (κ3) is 2.73. The molecule has 0 fully saturated rings. The first-order valence-electron chi connectivity index (χ1n) is 14.2. The Morgan fingerprint density at radius 1 is 0.973 bits per heavy atom. The Balaban J connectivity index is 1.99. The van der Waals surface area contributed by atoms with E-state index in [9.17, 15) is 0 Å². The number of allylic oxidation sites excluding steroid dienone is 1. The van der Waals surface area contributed by atoms with Crippen LogP contribution in [0.4, 0.5) is 0 Å². The summed E-state index contributed by atoms with van der Waals surface area (Å²) < 4.78 is 5.21. The summed E-state index contributed by atoms with van der Waals surface area (Å²) in [6, 6.07) is 11.8. The average Bonchev–Trinajstić information content (AvgIpc) is 3.25. The van der Waals surface area contributed by atoms with Gasteiger partial charge in [0.25, 0.3) is 5.65 Å². The maximum Gasteiger partial charge on any atom is 0.299 e. The highest BCUT2D eigenvalue weighted by molar-refractivity contribution is 5.98. The molecule has 0 N–H and O–H groups in total. The molecule has 4 aromatic rings. The van der Waals surface area contributed by atoms with E-state index in [0.29, 0.717) is 0 Å². The van der Waals surface area contributed by atoms with Crippen molar-refractivity contribution in [1.82, 2.24) is 9.38 Å². The van der Waals surface area contributed by atoms with Crippen LogP contribution in [0.5, 0.6) is 0 Å². The third-order valence-electron chi connectivity index (χ3n) is 10.3. The zero-order chi connectivity index (χ0) is 26.9. The molecule has 2 aromatic heterocycles. The van der Waals surface area contributed by atoms with Gasteiger partial charge in [0, 0.05) is 10.8 Å². The SMILES string of the molecule is C=CC1(CC)[n+]2c3cc4c(cc3n3c(C(C)(C)C)nc5cccc(c5c32)C1(C)CC)C(C)(C)CC4(C)C. The highest BCUT2D eigenvalue weighted by Gasteiger charge is 2.57. The highest BCUT2D eigenvalue weighted by atomic mass is 15.2. The lowest BCUT2D eigenvalue weighted by atomic mass is 9.61. The molecule has 0 amide bonds. The van der Waals surface area contributed by atoms with Gasteiger partial charge in [-0.2, -0.15) is 4.40 Å². The summed E-state index contributed by atoms with van der Waals surface area (Å²) in [6.45, 7) is 28.2. The zero-order valence-electron chi connectivity index (χ0n) is 24.6. The summed E-state index contributed by atoms with van der Waals surface area (Å²) in [5.74, 6) is 1.13. The van der Waals surface area contributed by atoms with E-state index in [0.717, 1.165) is 30.6 Å². The quantitative estimate of drug-likeness (QED) is 0.208. The summed E-state index contributed by atoms with van der Waals surface area (Å²) in [5, 5.41) is 1.31. The van der Waals surface area contributed by atoms with Gasteiger partial charge in [-0.15, -0.1) is 0 Å². The van der Waals surface area contributed by atoms with Crippen LogP contribution in [0.25, 0.3) is 27.6 Å². The molecule has 37 heavy (non-hydrogen) atoms. The Morgan fingerprint density at radius 2 is 1.62 bits per heavy atom. The minimum Gasteiger partial charge on any atom is -0.212 e. The molecule has 2 aliphatic rings. The minimum absolute atomic E-state index is 0.103. The number of hydrogen-bond donors (Lipinski definition) is 0. The summed E-state index contributed by atoms with van der Waals surface area (Å²) in [4.78, 5) is 5.41. The number of benzene rings is 2. The van der Waals surface area contributed by atoms with Gasteiger partial charge < -0.3 is 0 Å². The first-order valence-corrected chi connectivity index (χ1v) is 14.2. The molecule has 0 bridgehead atoms. The molecular weight excluding hydrogens is 450 g/mol. The van der Waals surface area contributed by atoms with Crippen molar-refractivity contribution >= 4 is 27.6 Å². The van der Waals surface area contributed by atoms with Crippen molar-refractivity contribution in [3.05, 3.63) is 65.5 Å². The molecule has 1 aliphatic heterocycles. The van der Waals surface area contributed by atoms with E-state index in [-0.39, 0.29) is 27.2 Å². The largest absolute Gasteiger partial charge is 0.299 e. The van der Waals surface area contributed by atoms with E-state index < -0.39 is 0 Å². The smallest absolute Gasteiger partial charge is 0.212 e. The lowest BCUT2D eigenvalue weighted by molar-refractivity contribution is -0.719. The second-order valence-electron chi connectivity index (χ2n) is 14.4. The van der Waals surface area contributed by atoms with Crippen molar-refractivity contribution in [2.24, 2.45) is 0 Å². The van der Waals surface area contributed by atoms with Crippen LogP contribution in [0.2, 0.25) is 0 Å². The van der Waals surface area contributed by atoms with Gasteiger partial charge in [-0.1, -0.05) is 87.9 Å². The van der Waals surface area contributed by atoms with Crippen molar-refractivity contribution in [3.63, 3.8) is 0 Å². The van der Waals surface area contributed by atoms with Gasteiger partial charge in [0.2, 0.25) is 5.82 Å². The molecule has 2 atom stereocenters. The van der Waals surface area contributed by atoms with E-state index in [1.54, 1.807) is 0 Å². The Morgan fingerprint density at radius 3 is 2.19 bits per heavy atom. The number of nitrogens with zero attached hydrogens (tertiary/aromatic N) is 3. The molecule has 3 heterocycles. The van der Waals surface area contributed by atoms with Crippen LogP contribution >= 0.6 is 0 Å². The molecule has 0 radical (unpaired) electrons. The predicted molar refractivity (Wildman–Crippen MR) is 156 cm³/mol. The molecular formula is C34H44N3+. The number of imidazole rings is 1. The van der Waals surface area contributed by atoms with Crippen LogP contribution in [-0.4, -0.2) is 9.38 Å². The Labute approximate surface area is 222 Å². The van der Waals surface area contributed by atoms with E-state index in [2.05, 4.69) is 121 Å². The molecule has 0 saturated carbocycles. The van der Waals surface area contributed by atoms with E-state index in [1.165, 1.54) is 38.8 Å². The second-order valence-corrected chi connectivity index (χ2v) is 14.4. The van der Waals surface area contributed by atoms with Crippen molar-refractivity contribution in [2.75, 3.05) is 0 Å². The number of hydrogen-bond acceptors (Lipinski definition) is 1. The molecule has 2 unspecified atom stereocenters. The molecule has 3 heteroatoms. The molecule has 1 aliphatic carbocycles. The van der Waals surface area contributed by atoms with Crippen LogP contribution in [0.1, 0.15) is 111 Å². The maximum atomic E-state index is 5.41. The molecule has 0 spiro atoms. The fraction of sp³-hybridized carbons (Fsp3) is 0.529. The van der Waals surface area contributed by atoms with Crippen LogP contribution in [0.15, 0.2) is 43.0 Å². The first-order chi connectivity index (χ1) is 17.2. The topological polar surface area (TPSA) is 21.2 Å². The van der Waals surface area contributed by atoms with Gasteiger partial charge in [-0.05, 0) is 71.1 Å². The van der Waals surface area contributed by atoms with Gasteiger partial charge >= 0.3 is 0 Å². The predicted octanol–water partition coefficient (Wildman–Crippen LogP) is 8.16. The van der Waals surface area contributed by atoms with Crippen molar-refractivity contribution in [3.8, 4) is 0 Å². The van der Waals surface area contributed by atoms with E-state index in [4.69, 9.17) is 4.98 Å². The normalized spacial score (nSPS) is 25.9. The van der Waals surface area contributed by atoms with Crippen LogP contribution in [0.3, 0.4) is 0 Å². The molecule has 2 aromatic carbocycles. The Kier molecular flexibility index (Phi) is 4.69. The molecule has 0 saturated heterocycles. The van der Waals surface area contributed by atoms with Crippen molar-refractivity contribution < 1.29 is 4.57 Å². The standard InChI is InChI=1S/C34H44N3/c1-12-33(11)21-16-15-17-24-27(21)28-36(29(35-24)30(4,5)6)25-18-22-23(32(9,10)20-31(22,7)8)19-26(25)37(28)34(33,13-2)14-3/h13,15-19H,2,12,14,20H2,1,3-11H3/q+1. The summed E-state index contributed by atoms with van der Waals surface area (Å²) >= 11 is 0. The number of rotatable bonds is 3. The van der Waals surface area contributed by atoms with Gasteiger partial charge in [-0.3, -0.25) is 0 Å². The van der Waals surface area contributed by atoms with Gasteiger partial charge in [-0.25, -0.2) is 9.55 Å². The van der Waals surface area contributed by atoms with Crippen LogP contribution in [-0.2, 0) is 27.2 Å². The minimum atomic E-state index is -0.251. The highest BCUT2D eigenvalue weighted by Crippen LogP contribution is 2.54. The van der Waals surface area contributed by atoms with E-state index >= 15 is 0 Å². The van der Waals surface area contributed by atoms with Crippen LogP contribution in [0, 0.1) is 0 Å². The average molecular weight is 495 g/mol. The van der Waals surface area contributed by atoms with Gasteiger partial charge in [0.15, 0.2) is 11.0 Å². The van der Waals surface area contributed by atoms with Crippen molar-refractivity contribution in [2.45, 2.75) is 116 Å². The Hall–Kier alpha value is -2.68. The fourth-order valence-electron chi connectivity index (χ4n) is 8.50. The zero-order valence-corrected chi connectivity index (χ0v) is 24.6. The maximum absolute atomic E-state index is 5.41. The third-order valence-corrected chi connectivity index (χ3v) is 10.3. The fourth-order valence-corrected chi connectivity index (χ4v) is 8.50. The van der Waals surface area contributed by atoms with Crippen LogP contribution < -0.4 is 4.57 Å². The molecule has 3 nitrogen and oxygen atoms in total. The Bertz CT molecular complexity index is 1640. The summed E-state index contributed by atoms with van der Waals surface area (Å²) in [6.07, 6.45) is 5.43.